The number of likely N-dealkylation sites (tertiary alicyclic amines) is 1. The molecule has 1 saturated carbocycles. The molecular formula is C19H28N2O2. The molecule has 0 spiro atoms. The number of nitrogens with one attached hydrogen (secondary N) is 1. The van der Waals surface area contributed by atoms with Gasteiger partial charge < -0.3 is 15.0 Å². The van der Waals surface area contributed by atoms with Gasteiger partial charge in [0, 0.05) is 13.1 Å². The van der Waals surface area contributed by atoms with Crippen molar-refractivity contribution in [3.63, 3.8) is 0 Å². The fourth-order valence-corrected chi connectivity index (χ4v) is 3.88. The van der Waals surface area contributed by atoms with Crippen LogP contribution < -0.4 is 10.1 Å². The number of carbonyl (C=O) groups is 1. The predicted molar refractivity (Wildman–Crippen MR) is 91.9 cm³/mol. The lowest BCUT2D eigenvalue weighted by atomic mass is 9.90. The normalized spacial score (nSPS) is 22.7. The maximum atomic E-state index is 13.2. The number of nitrogens with zero attached hydrogens (tertiary/aromatic N) is 1. The van der Waals surface area contributed by atoms with Crippen LogP contribution in [0.5, 0.6) is 5.75 Å². The molecule has 1 saturated heterocycles. The van der Waals surface area contributed by atoms with Gasteiger partial charge in [-0.05, 0) is 69.3 Å². The monoisotopic (exact) mass is 316 g/mol. The average Bonchev–Trinajstić information content (AvgIpc) is 3.37. The van der Waals surface area contributed by atoms with Gasteiger partial charge in [-0.2, -0.15) is 0 Å². The number of benzene rings is 1. The third-order valence-corrected chi connectivity index (χ3v) is 5.42. The molecule has 0 unspecified atom stereocenters. The number of rotatable bonds is 5. The van der Waals surface area contributed by atoms with E-state index in [0.717, 1.165) is 55.8 Å². The first-order valence-electron chi connectivity index (χ1n) is 8.70. The molecule has 1 heterocycles. The van der Waals surface area contributed by atoms with Crippen LogP contribution in [-0.2, 0) is 10.2 Å². The summed E-state index contributed by atoms with van der Waals surface area (Å²) in [7, 11) is 3.68. The fraction of sp³-hybridized carbons (Fsp3) is 0.632. The van der Waals surface area contributed by atoms with Gasteiger partial charge in [0.1, 0.15) is 5.75 Å². The number of methoxy groups -OCH3 is 1. The summed E-state index contributed by atoms with van der Waals surface area (Å²) in [4.78, 5) is 15.3. The van der Waals surface area contributed by atoms with E-state index < -0.39 is 0 Å². The van der Waals surface area contributed by atoms with Gasteiger partial charge in [0.15, 0.2) is 0 Å². The Morgan fingerprint density at radius 1 is 1.43 bits per heavy atom. The Morgan fingerprint density at radius 3 is 2.87 bits per heavy atom. The summed E-state index contributed by atoms with van der Waals surface area (Å²) in [6.45, 7) is 4.83. The van der Waals surface area contributed by atoms with Crippen molar-refractivity contribution in [1.82, 2.24) is 10.2 Å². The Bertz CT molecular complexity index is 579. The number of ether oxygens (including phenoxy) is 1. The molecule has 0 aromatic heterocycles. The molecule has 3 rings (SSSR count). The Kier molecular flexibility index (Phi) is 4.62. The van der Waals surface area contributed by atoms with Crippen molar-refractivity contribution < 1.29 is 9.53 Å². The molecule has 2 fully saturated rings. The summed E-state index contributed by atoms with van der Waals surface area (Å²) < 4.78 is 5.45. The third-order valence-electron chi connectivity index (χ3n) is 5.42. The summed E-state index contributed by atoms with van der Waals surface area (Å²) in [6.07, 6.45) is 4.26. The zero-order valence-corrected chi connectivity index (χ0v) is 14.5. The molecule has 23 heavy (non-hydrogen) atoms. The summed E-state index contributed by atoms with van der Waals surface area (Å²) in [5.41, 5.74) is 1.95. The van der Waals surface area contributed by atoms with Gasteiger partial charge in [0.05, 0.1) is 12.5 Å². The quantitative estimate of drug-likeness (QED) is 0.907. The minimum Gasteiger partial charge on any atom is -0.496 e. The SMILES string of the molecule is CNC[C@H]1CCCN(C(=O)C2(c3ccc(C)c(OC)c3)CC2)C1. The smallest absolute Gasteiger partial charge is 0.233 e. The molecule has 1 amide bonds. The van der Waals surface area contributed by atoms with Crippen LogP contribution in [-0.4, -0.2) is 44.6 Å². The second-order valence-electron chi connectivity index (χ2n) is 7.08. The van der Waals surface area contributed by atoms with Crippen molar-refractivity contribution in [1.29, 1.82) is 0 Å². The number of aryl methyl sites for hydroxylation is 1. The van der Waals surface area contributed by atoms with Gasteiger partial charge in [-0.3, -0.25) is 4.79 Å². The van der Waals surface area contributed by atoms with E-state index in [1.807, 2.05) is 14.0 Å². The molecule has 126 valence electrons. The molecule has 1 atom stereocenters. The lowest BCUT2D eigenvalue weighted by molar-refractivity contribution is -0.135. The van der Waals surface area contributed by atoms with Gasteiger partial charge in [-0.25, -0.2) is 0 Å². The minimum atomic E-state index is -0.289. The highest BCUT2D eigenvalue weighted by Gasteiger charge is 2.53. The van der Waals surface area contributed by atoms with Gasteiger partial charge in [0.25, 0.3) is 0 Å². The van der Waals surface area contributed by atoms with Crippen LogP contribution in [0.25, 0.3) is 0 Å². The van der Waals surface area contributed by atoms with Crippen molar-refractivity contribution in [2.75, 3.05) is 33.8 Å². The number of hydrogen-bond acceptors (Lipinski definition) is 3. The van der Waals surface area contributed by atoms with E-state index in [0.29, 0.717) is 11.8 Å². The highest BCUT2D eigenvalue weighted by atomic mass is 16.5. The van der Waals surface area contributed by atoms with Crippen LogP contribution in [0.15, 0.2) is 18.2 Å². The van der Waals surface area contributed by atoms with E-state index in [1.165, 1.54) is 6.42 Å². The van der Waals surface area contributed by atoms with Crippen molar-refractivity contribution in [3.05, 3.63) is 29.3 Å². The zero-order chi connectivity index (χ0) is 16.4. The molecule has 1 aliphatic heterocycles. The van der Waals surface area contributed by atoms with E-state index in [2.05, 4.69) is 28.4 Å². The first-order valence-corrected chi connectivity index (χ1v) is 8.70. The van der Waals surface area contributed by atoms with Crippen LogP contribution in [0.3, 0.4) is 0 Å². The second-order valence-corrected chi connectivity index (χ2v) is 7.08. The van der Waals surface area contributed by atoms with E-state index in [9.17, 15) is 4.79 Å². The molecule has 1 aliphatic carbocycles. The standard InChI is InChI=1S/C19H28N2O2/c1-14-6-7-16(11-17(14)23-3)19(8-9-19)18(22)21-10-4-5-15(13-21)12-20-2/h6-7,11,15,20H,4-5,8-10,12-13H2,1-3H3/t15-/m1/s1. The van der Waals surface area contributed by atoms with E-state index in [1.54, 1.807) is 7.11 Å². The molecule has 4 heteroatoms. The Labute approximate surface area is 139 Å². The van der Waals surface area contributed by atoms with Gasteiger partial charge in [-0.1, -0.05) is 12.1 Å². The van der Waals surface area contributed by atoms with Crippen molar-refractivity contribution in [2.45, 2.75) is 38.0 Å². The summed E-state index contributed by atoms with van der Waals surface area (Å²) in [5.74, 6) is 1.79. The van der Waals surface area contributed by atoms with E-state index >= 15 is 0 Å². The predicted octanol–water partition coefficient (Wildman–Crippen LogP) is 2.49. The van der Waals surface area contributed by atoms with Crippen LogP contribution in [0.1, 0.15) is 36.8 Å². The van der Waals surface area contributed by atoms with Crippen LogP contribution in [0.4, 0.5) is 0 Å². The minimum absolute atomic E-state index is 0.289. The highest BCUT2D eigenvalue weighted by molar-refractivity contribution is 5.91. The zero-order valence-electron chi connectivity index (χ0n) is 14.5. The Morgan fingerprint density at radius 2 is 2.22 bits per heavy atom. The lowest BCUT2D eigenvalue weighted by Crippen LogP contribution is -2.46. The number of amides is 1. The van der Waals surface area contributed by atoms with E-state index in [4.69, 9.17) is 4.74 Å². The van der Waals surface area contributed by atoms with Gasteiger partial charge >= 0.3 is 0 Å². The fourth-order valence-electron chi connectivity index (χ4n) is 3.88. The summed E-state index contributed by atoms with van der Waals surface area (Å²) in [6, 6.07) is 6.24. The third kappa shape index (κ3) is 3.09. The Hall–Kier alpha value is -1.55. The number of hydrogen-bond donors (Lipinski definition) is 1. The lowest BCUT2D eigenvalue weighted by Gasteiger charge is -2.35. The largest absolute Gasteiger partial charge is 0.496 e. The highest BCUT2D eigenvalue weighted by Crippen LogP contribution is 2.50. The Balaban J connectivity index is 1.78. The molecular weight excluding hydrogens is 288 g/mol. The molecule has 1 aromatic carbocycles. The van der Waals surface area contributed by atoms with Gasteiger partial charge in [-0.15, -0.1) is 0 Å². The van der Waals surface area contributed by atoms with Crippen LogP contribution in [0, 0.1) is 12.8 Å². The van der Waals surface area contributed by atoms with E-state index in [-0.39, 0.29) is 5.41 Å². The topological polar surface area (TPSA) is 41.6 Å². The maximum Gasteiger partial charge on any atom is 0.233 e. The maximum absolute atomic E-state index is 13.2. The van der Waals surface area contributed by atoms with Gasteiger partial charge in [0.2, 0.25) is 5.91 Å². The molecule has 2 aliphatic rings. The van der Waals surface area contributed by atoms with Crippen LogP contribution >= 0.6 is 0 Å². The number of piperidine rings is 1. The molecule has 1 N–H and O–H groups in total. The van der Waals surface area contributed by atoms with Crippen molar-refractivity contribution in [3.8, 4) is 5.75 Å². The van der Waals surface area contributed by atoms with Crippen molar-refractivity contribution >= 4 is 5.91 Å². The molecule has 0 bridgehead atoms. The summed E-state index contributed by atoms with van der Waals surface area (Å²) >= 11 is 0. The molecule has 4 nitrogen and oxygen atoms in total. The molecule has 0 radical (unpaired) electrons. The summed E-state index contributed by atoms with van der Waals surface area (Å²) in [5, 5.41) is 3.25. The van der Waals surface area contributed by atoms with Crippen LogP contribution in [0.2, 0.25) is 0 Å². The first-order chi connectivity index (χ1) is 11.1. The number of carbonyl (C=O) groups excluding carboxylic acids is 1. The average molecular weight is 316 g/mol. The molecule has 1 aromatic rings. The van der Waals surface area contributed by atoms with Crippen molar-refractivity contribution in [2.24, 2.45) is 5.92 Å². The first kappa shape index (κ1) is 16.3. The second kappa shape index (κ2) is 6.52.